The number of hydrogen-bond acceptors (Lipinski definition) is 1. The first-order chi connectivity index (χ1) is 9.15. The Bertz CT molecular complexity index is 622. The fraction of sp³-hybridized carbons (Fsp3) is 0.250. The van der Waals surface area contributed by atoms with Crippen LogP contribution in [-0.4, -0.2) is 6.54 Å². The van der Waals surface area contributed by atoms with Gasteiger partial charge in [-0.2, -0.15) is 0 Å². The Balaban J connectivity index is 1.93. The van der Waals surface area contributed by atoms with Gasteiger partial charge in [0, 0.05) is 18.8 Å². The van der Waals surface area contributed by atoms with Gasteiger partial charge in [-0.15, -0.1) is 0 Å². The van der Waals surface area contributed by atoms with Gasteiger partial charge in [-0.05, 0) is 48.2 Å². The number of rotatable bonds is 1. The lowest BCUT2D eigenvalue weighted by molar-refractivity contribution is 0.727. The van der Waals surface area contributed by atoms with E-state index >= 15 is 0 Å². The Kier molecular flexibility index (Phi) is 3.42. The minimum atomic E-state index is 0.610. The summed E-state index contributed by atoms with van der Waals surface area (Å²) in [7, 11) is 0. The quantitative estimate of drug-likeness (QED) is 0.725. The summed E-state index contributed by atoms with van der Waals surface area (Å²) in [5.74, 6) is 0. The Hall–Kier alpha value is -1.18. The summed E-state index contributed by atoms with van der Waals surface area (Å²) in [6.07, 6.45) is 1.08. The van der Waals surface area contributed by atoms with Gasteiger partial charge < -0.3 is 4.90 Å². The first-order valence-corrected chi connectivity index (χ1v) is 7.18. The number of fused-ring (bicyclic) bond motifs is 1. The van der Waals surface area contributed by atoms with E-state index in [1.807, 2.05) is 18.2 Å². The normalized spacial score (nSPS) is 14.4. The topological polar surface area (TPSA) is 3.24 Å². The van der Waals surface area contributed by atoms with Crippen LogP contribution < -0.4 is 4.90 Å². The maximum absolute atomic E-state index is 6.11. The van der Waals surface area contributed by atoms with Crippen molar-refractivity contribution < 1.29 is 0 Å². The monoisotopic (exact) mass is 291 g/mol. The fourth-order valence-corrected chi connectivity index (χ4v) is 2.94. The largest absolute Gasteiger partial charge is 0.367 e. The smallest absolute Gasteiger partial charge is 0.0612 e. The SMILES string of the molecule is Cc1cccc2c1CN(c1ccc(Cl)c(Cl)c1)CC2. The predicted molar refractivity (Wildman–Crippen MR) is 82.4 cm³/mol. The molecule has 3 heteroatoms. The number of nitrogens with zero attached hydrogens (tertiary/aromatic N) is 1. The molecule has 0 aromatic heterocycles. The first kappa shape index (κ1) is 12.8. The maximum Gasteiger partial charge on any atom is 0.0612 e. The number of halogens is 2. The van der Waals surface area contributed by atoms with Crippen molar-refractivity contribution >= 4 is 28.9 Å². The van der Waals surface area contributed by atoms with Crippen LogP contribution in [0.2, 0.25) is 10.0 Å². The van der Waals surface area contributed by atoms with Crippen LogP contribution in [0, 0.1) is 6.92 Å². The van der Waals surface area contributed by atoms with Gasteiger partial charge >= 0.3 is 0 Å². The summed E-state index contributed by atoms with van der Waals surface area (Å²) < 4.78 is 0. The molecule has 0 atom stereocenters. The van der Waals surface area contributed by atoms with Crippen LogP contribution in [0.25, 0.3) is 0 Å². The van der Waals surface area contributed by atoms with Crippen molar-refractivity contribution in [2.75, 3.05) is 11.4 Å². The van der Waals surface area contributed by atoms with Crippen LogP contribution in [0.4, 0.5) is 5.69 Å². The van der Waals surface area contributed by atoms with Gasteiger partial charge in [-0.3, -0.25) is 0 Å². The lowest BCUT2D eigenvalue weighted by Crippen LogP contribution is -2.30. The average Bonchev–Trinajstić information content (AvgIpc) is 2.42. The summed E-state index contributed by atoms with van der Waals surface area (Å²) in [6.45, 7) is 4.14. The predicted octanol–water partition coefficient (Wildman–Crippen LogP) is 4.86. The van der Waals surface area contributed by atoms with Crippen LogP contribution >= 0.6 is 23.2 Å². The Morgan fingerprint density at radius 3 is 2.68 bits per heavy atom. The van der Waals surface area contributed by atoms with Gasteiger partial charge in [0.25, 0.3) is 0 Å². The average molecular weight is 292 g/mol. The lowest BCUT2D eigenvalue weighted by Gasteiger charge is -2.32. The van der Waals surface area contributed by atoms with E-state index in [0.29, 0.717) is 10.0 Å². The molecule has 0 saturated carbocycles. The third kappa shape index (κ3) is 2.45. The molecule has 98 valence electrons. The molecule has 0 saturated heterocycles. The molecule has 0 radical (unpaired) electrons. The van der Waals surface area contributed by atoms with Crippen molar-refractivity contribution in [2.45, 2.75) is 19.9 Å². The molecular formula is C16H15Cl2N. The summed E-state index contributed by atoms with van der Waals surface area (Å²) >= 11 is 12.1. The molecule has 0 unspecified atom stereocenters. The second-order valence-corrected chi connectivity index (χ2v) is 5.80. The summed E-state index contributed by atoms with van der Waals surface area (Å²) in [6, 6.07) is 12.4. The molecule has 0 aliphatic carbocycles. The van der Waals surface area contributed by atoms with E-state index in [9.17, 15) is 0 Å². The third-order valence-electron chi connectivity index (χ3n) is 3.78. The molecule has 1 aliphatic heterocycles. The summed E-state index contributed by atoms with van der Waals surface area (Å²) in [5.41, 5.74) is 5.42. The number of benzene rings is 2. The molecule has 0 N–H and O–H groups in total. The maximum atomic E-state index is 6.11. The van der Waals surface area contributed by atoms with Gasteiger partial charge in [0.1, 0.15) is 0 Å². The molecule has 2 aromatic carbocycles. The minimum Gasteiger partial charge on any atom is -0.367 e. The van der Waals surface area contributed by atoms with E-state index in [1.54, 1.807) is 0 Å². The highest BCUT2D eigenvalue weighted by Gasteiger charge is 2.18. The highest BCUT2D eigenvalue weighted by Crippen LogP contribution is 2.31. The van der Waals surface area contributed by atoms with Gasteiger partial charge in [0.05, 0.1) is 10.0 Å². The molecule has 0 spiro atoms. The standard InChI is InChI=1S/C16H15Cl2N/c1-11-3-2-4-12-7-8-19(10-14(11)12)13-5-6-15(17)16(18)9-13/h2-6,9H,7-8,10H2,1H3. The van der Waals surface area contributed by atoms with Crippen molar-refractivity contribution in [3.63, 3.8) is 0 Å². The highest BCUT2D eigenvalue weighted by atomic mass is 35.5. The van der Waals surface area contributed by atoms with E-state index < -0.39 is 0 Å². The van der Waals surface area contributed by atoms with E-state index in [0.717, 1.165) is 25.2 Å². The Morgan fingerprint density at radius 2 is 1.89 bits per heavy atom. The van der Waals surface area contributed by atoms with Gasteiger partial charge in [0.2, 0.25) is 0 Å². The van der Waals surface area contributed by atoms with Crippen molar-refractivity contribution in [1.29, 1.82) is 0 Å². The van der Waals surface area contributed by atoms with E-state index in [2.05, 4.69) is 30.0 Å². The van der Waals surface area contributed by atoms with E-state index in [-0.39, 0.29) is 0 Å². The minimum absolute atomic E-state index is 0.610. The Labute approximate surface area is 123 Å². The highest BCUT2D eigenvalue weighted by molar-refractivity contribution is 6.42. The number of aryl methyl sites for hydroxylation is 1. The molecule has 0 amide bonds. The molecule has 1 heterocycles. The zero-order valence-electron chi connectivity index (χ0n) is 10.8. The third-order valence-corrected chi connectivity index (χ3v) is 4.51. The zero-order valence-corrected chi connectivity index (χ0v) is 12.3. The lowest BCUT2D eigenvalue weighted by atomic mass is 9.95. The first-order valence-electron chi connectivity index (χ1n) is 6.42. The molecule has 3 rings (SSSR count). The fourth-order valence-electron chi connectivity index (χ4n) is 2.65. The number of hydrogen-bond donors (Lipinski definition) is 0. The zero-order chi connectivity index (χ0) is 13.4. The molecule has 1 aliphatic rings. The molecule has 2 aromatic rings. The Morgan fingerprint density at radius 1 is 1.05 bits per heavy atom. The van der Waals surface area contributed by atoms with Crippen LogP contribution in [0.1, 0.15) is 16.7 Å². The van der Waals surface area contributed by atoms with Crippen molar-refractivity contribution in [3.8, 4) is 0 Å². The van der Waals surface area contributed by atoms with E-state index in [1.165, 1.54) is 16.7 Å². The second-order valence-electron chi connectivity index (χ2n) is 4.98. The van der Waals surface area contributed by atoms with Crippen LogP contribution in [-0.2, 0) is 13.0 Å². The van der Waals surface area contributed by atoms with Crippen molar-refractivity contribution in [1.82, 2.24) is 0 Å². The van der Waals surface area contributed by atoms with Crippen LogP contribution in [0.5, 0.6) is 0 Å². The summed E-state index contributed by atoms with van der Waals surface area (Å²) in [4.78, 5) is 2.36. The van der Waals surface area contributed by atoms with Crippen LogP contribution in [0.15, 0.2) is 36.4 Å². The van der Waals surface area contributed by atoms with Gasteiger partial charge in [-0.1, -0.05) is 41.4 Å². The molecule has 0 fully saturated rings. The molecule has 1 nitrogen and oxygen atoms in total. The molecular weight excluding hydrogens is 277 g/mol. The van der Waals surface area contributed by atoms with Crippen LogP contribution in [0.3, 0.4) is 0 Å². The van der Waals surface area contributed by atoms with E-state index in [4.69, 9.17) is 23.2 Å². The number of anilines is 1. The van der Waals surface area contributed by atoms with Crippen molar-refractivity contribution in [3.05, 3.63) is 63.1 Å². The van der Waals surface area contributed by atoms with Crippen molar-refractivity contribution in [2.24, 2.45) is 0 Å². The van der Waals surface area contributed by atoms with Gasteiger partial charge in [0.15, 0.2) is 0 Å². The summed E-state index contributed by atoms with van der Waals surface area (Å²) in [5, 5.41) is 1.23. The second kappa shape index (κ2) is 5.07. The molecule has 19 heavy (non-hydrogen) atoms. The van der Waals surface area contributed by atoms with Gasteiger partial charge in [-0.25, -0.2) is 0 Å². The molecule has 0 bridgehead atoms.